The summed E-state index contributed by atoms with van der Waals surface area (Å²) < 4.78 is 42.2. The van der Waals surface area contributed by atoms with Gasteiger partial charge in [0.15, 0.2) is 66.8 Å². The van der Waals surface area contributed by atoms with E-state index in [1.54, 1.807) is 158 Å². The first-order valence-corrected chi connectivity index (χ1v) is 46.9. The van der Waals surface area contributed by atoms with Gasteiger partial charge in [-0.3, -0.25) is 49.1 Å². The number of likely N-dealkylation sites (N-methyl/N-ethyl adjacent to an activating group) is 2. The number of anilines is 1. The number of amides is 5. The predicted octanol–water partition coefficient (Wildman–Crippen LogP) is 13.6. The first-order valence-electron chi connectivity index (χ1n) is 45.4. The number of rotatable bonds is 24. The number of hydroxylamine groups is 7. The Labute approximate surface area is 804 Å². The Morgan fingerprint density at radius 1 is 0.667 bits per heavy atom. The Balaban J connectivity index is 0.000000171. The average Bonchev–Trinajstić information content (AvgIpc) is 1.67. The van der Waals surface area contributed by atoms with E-state index >= 15 is 0 Å². The molecular weight excluding hydrogens is 1770 g/mol. The molecule has 3 aliphatic rings. The van der Waals surface area contributed by atoms with Crippen LogP contribution in [0, 0.1) is 32.0 Å². The summed E-state index contributed by atoms with van der Waals surface area (Å²) in [4.78, 5) is 82.5. The number of carbonyl (C=O) groups excluding carboxylic acids is 5. The Morgan fingerprint density at radius 2 is 1.35 bits per heavy atom. The molecule has 5 amide bonds. The fourth-order valence-electron chi connectivity index (χ4n) is 14.7. The lowest BCUT2D eigenvalue weighted by Crippen LogP contribution is -2.49. The maximum absolute atomic E-state index is 13.0. The van der Waals surface area contributed by atoms with E-state index in [4.69, 9.17) is 14.9 Å². The fraction of sp³-hybridized carbons (Fsp3) is 0.305. The van der Waals surface area contributed by atoms with Crippen LogP contribution >= 0.6 is 0 Å². The van der Waals surface area contributed by atoms with Crippen molar-refractivity contribution in [1.29, 1.82) is 0 Å². The molecule has 32 nitrogen and oxygen atoms in total. The largest absolute Gasteiger partial charge is 0.624 e. The number of nitrogens with one attached hydrogen (secondary N) is 2. The molecule has 0 bridgehead atoms. The van der Waals surface area contributed by atoms with Gasteiger partial charge in [0, 0.05) is 175 Å². The van der Waals surface area contributed by atoms with Crippen LogP contribution in [0.25, 0.3) is 44.9 Å². The summed E-state index contributed by atoms with van der Waals surface area (Å²) in [7, 11) is 7.14. The van der Waals surface area contributed by atoms with E-state index in [9.17, 15) is 63.6 Å². The third-order valence-electron chi connectivity index (χ3n) is 22.8. The van der Waals surface area contributed by atoms with Gasteiger partial charge in [0.05, 0.1) is 91.8 Å². The molecule has 15 rings (SSSR count). The summed E-state index contributed by atoms with van der Waals surface area (Å²) >= 11 is 0. The molecule has 4 aromatic heterocycles. The minimum absolute atomic E-state index is 0.00333. The van der Waals surface area contributed by atoms with Crippen molar-refractivity contribution in [2.24, 2.45) is 23.7 Å². The van der Waals surface area contributed by atoms with Crippen molar-refractivity contribution in [2.45, 2.75) is 122 Å². The van der Waals surface area contributed by atoms with Crippen LogP contribution in [-0.2, 0) is 23.4 Å². The van der Waals surface area contributed by atoms with E-state index in [0.717, 1.165) is 105 Å². The van der Waals surface area contributed by atoms with Crippen LogP contribution in [0.2, 0.25) is 0 Å². The van der Waals surface area contributed by atoms with E-state index < -0.39 is 21.3 Å². The van der Waals surface area contributed by atoms with Crippen molar-refractivity contribution >= 4 is 121 Å². The van der Waals surface area contributed by atoms with Crippen molar-refractivity contribution in [2.75, 3.05) is 93.0 Å². The van der Waals surface area contributed by atoms with Gasteiger partial charge >= 0.3 is 0 Å². The highest BCUT2D eigenvalue weighted by Gasteiger charge is 2.30. The number of para-hydroxylation sites is 1. The topological polar surface area (TPSA) is 402 Å². The quantitative estimate of drug-likeness (QED) is 0.0189. The Hall–Kier alpha value is -15.1. The molecule has 0 spiro atoms. The van der Waals surface area contributed by atoms with E-state index in [1.165, 1.54) is 55.2 Å². The van der Waals surface area contributed by atoms with Crippen LogP contribution in [0.15, 0.2) is 245 Å². The minimum atomic E-state index is -3.77. The smallest absolute Gasteiger partial charge is 0.256 e. The second-order valence-electron chi connectivity index (χ2n) is 35.2. The first-order chi connectivity index (χ1) is 65.8. The van der Waals surface area contributed by atoms with Crippen molar-refractivity contribution < 1.29 is 70.4 Å². The molecule has 8 aromatic carbocycles. The van der Waals surface area contributed by atoms with Crippen molar-refractivity contribution in [1.82, 2.24) is 44.5 Å². The Morgan fingerprint density at radius 3 is 1.99 bits per heavy atom. The van der Waals surface area contributed by atoms with Gasteiger partial charge in [0.1, 0.15) is 11.3 Å². The lowest BCUT2D eigenvalue weighted by molar-refractivity contribution is -0.530. The molecule has 2 saturated heterocycles. The zero-order chi connectivity index (χ0) is 100. The van der Waals surface area contributed by atoms with Gasteiger partial charge in [-0.25, -0.2) is 37.1 Å². The number of benzene rings is 8. The molecule has 0 aliphatic carbocycles. The lowest BCUT2D eigenvalue weighted by atomic mass is 10.0. The summed E-state index contributed by atoms with van der Waals surface area (Å²) in [6.07, 6.45) is 22.3. The number of nitrogens with zero attached hydrogens (tertiary/aromatic N) is 14. The third-order valence-corrected chi connectivity index (χ3v) is 24.6. The number of ether oxygens (including phenoxy) is 1. The standard InChI is InChI=1S/C21H22N2O3.C19H17N3O2.C18H24N4O2.C17H23N3O2.C16H18N2O3S.C14H19N3O3/c1-15(2)13-23(25)14-18-11-20-17(8-9-26-20)10-19(18)21(24)22-12-16-6-4-3-5-7-16;1-2-22(24)13-18-16(9-8-14-10-11-20-12-17(14)18)19(23)21-15-6-4-3-5-7-15;1-13(2)22(24)12-16-15(5-4-14-6-7-19-17(14)16)18(23)21-10-8-20(3)9-11-21;1-6-12(2)20(22)11-15-13-9-10-19(5)16(13)8-7-14(15)17(21)18(3)4;1-16(2,3)18(19)12-13-8-4-5-9-14(13)22(20,21)15-10-6-7-11-17-15;1-16-7-6-10(8-16)17(19)9-12-11(14(15)18)4-3-5-13(12)20-2/h3-11,14-15H,12-13H2,1-2H3,(H,22,24);3-13H,2H2,1H3,(H,21,23);4-7,12-13,24H,8-11H2,1-3H3;7-12H,6H2,1-5H3;4-12H,1-3H3;3-5,9-10H,6-8H2,1-2H3,(H2,15,18)/b23-14-;22-13-;;20-11-;18-12-;17-9-. The third kappa shape index (κ3) is 28.1. The molecular formula is C105H123N17O15S. The van der Waals surface area contributed by atoms with Crippen LogP contribution in [0.1, 0.15) is 173 Å². The number of primary amides is 1. The summed E-state index contributed by atoms with van der Waals surface area (Å²) in [6.45, 7) is 24.5. The number of piperazine rings is 1. The highest BCUT2D eigenvalue weighted by molar-refractivity contribution is 7.91. The predicted molar refractivity (Wildman–Crippen MR) is 541 cm³/mol. The number of furan rings is 1. The van der Waals surface area contributed by atoms with E-state index in [2.05, 4.69) is 42.4 Å². The van der Waals surface area contributed by atoms with Gasteiger partial charge < -0.3 is 70.8 Å². The second kappa shape index (κ2) is 48.9. The molecule has 5 N–H and O–H groups in total. The number of hydrogen-bond donors (Lipinski definition) is 4. The molecule has 12 aromatic rings. The van der Waals surface area contributed by atoms with Crippen molar-refractivity contribution in [3.05, 3.63) is 329 Å². The number of methoxy groups -OCH3 is 1. The van der Waals surface area contributed by atoms with Crippen LogP contribution in [0.3, 0.4) is 0 Å². The van der Waals surface area contributed by atoms with Gasteiger partial charge in [-0.05, 0) is 162 Å². The van der Waals surface area contributed by atoms with Crippen LogP contribution in [0.5, 0.6) is 5.75 Å². The number of aromatic nitrogens is 3. The molecule has 0 saturated carbocycles. The highest BCUT2D eigenvalue weighted by atomic mass is 32.2. The maximum atomic E-state index is 13.0. The summed E-state index contributed by atoms with van der Waals surface area (Å²) in [5, 5.41) is 82.5. The van der Waals surface area contributed by atoms with Gasteiger partial charge in [-0.15, -0.1) is 0 Å². The van der Waals surface area contributed by atoms with E-state index in [-0.39, 0.29) is 63.2 Å². The normalized spacial score (nSPS) is 14.5. The maximum Gasteiger partial charge on any atom is 0.256 e. The average molecular weight is 1900 g/mol. The number of hydrogen-bond acceptors (Lipinski definition) is 21. The molecule has 0 radical (unpaired) electrons. The molecule has 2 unspecified atom stereocenters. The molecule has 724 valence electrons. The number of fused-ring (bicyclic) bond motifs is 4. The fourth-order valence-corrected chi connectivity index (χ4v) is 16.1. The number of nitrogens with two attached hydrogens (primary N) is 1. The van der Waals surface area contributed by atoms with E-state index in [1.807, 2.05) is 174 Å². The minimum Gasteiger partial charge on any atom is -0.624 e. The van der Waals surface area contributed by atoms with Crippen LogP contribution in [0.4, 0.5) is 5.69 Å². The number of sulfone groups is 1. The molecule has 33 heteroatoms. The van der Waals surface area contributed by atoms with Crippen LogP contribution < -0.4 is 31.7 Å². The zero-order valence-electron chi connectivity index (χ0n) is 80.9. The number of aryl methyl sites for hydroxylation is 1. The first kappa shape index (κ1) is 105. The number of pyridine rings is 2. The van der Waals surface area contributed by atoms with Gasteiger partial charge in [0.2, 0.25) is 15.7 Å². The number of carbonyl (C=O) groups is 5. The van der Waals surface area contributed by atoms with Gasteiger partial charge in [-0.1, -0.05) is 106 Å². The summed E-state index contributed by atoms with van der Waals surface area (Å²) in [5.41, 5.74) is 13.9. The van der Waals surface area contributed by atoms with E-state index in [0.29, 0.717) is 112 Å². The number of likely N-dealkylation sites (tertiary alicyclic amines) is 1. The Bertz CT molecular complexity index is 6740. The van der Waals surface area contributed by atoms with Gasteiger partial charge in [-0.2, -0.15) is 0 Å². The molecule has 3 aliphatic heterocycles. The van der Waals surface area contributed by atoms with Crippen molar-refractivity contribution in [3.63, 3.8) is 0 Å². The summed E-state index contributed by atoms with van der Waals surface area (Å²) in [5.74, 6) is -0.471. The monoisotopic (exact) mass is 1890 g/mol. The molecule has 2 atom stereocenters. The van der Waals surface area contributed by atoms with Crippen molar-refractivity contribution in [3.8, 4) is 5.75 Å². The van der Waals surface area contributed by atoms with Gasteiger partial charge in [0.25, 0.3) is 23.6 Å². The second-order valence-corrected chi connectivity index (χ2v) is 37.1. The lowest BCUT2D eigenvalue weighted by Gasteiger charge is -2.32. The molecule has 138 heavy (non-hydrogen) atoms. The molecule has 2 fully saturated rings. The zero-order valence-corrected chi connectivity index (χ0v) is 81.7. The summed E-state index contributed by atoms with van der Waals surface area (Å²) in [6, 6.07) is 54.8. The van der Waals surface area contributed by atoms with Crippen LogP contribution in [-0.4, -0.2) is 248 Å². The SMILES string of the molecule is CC(C)(C)/[N+]([O-])=C/c1ccccc1S(=O)(=O)c1ccccn1.CC(C)C/[N+]([O-])=C/c1cc2occc2cc1C(=O)NCc1ccccc1.CC(C)N(O)C=c1c(C(=O)N2CCN(C)CC2)ccc2c1=NC=C2.CC/[N+]([O-])=C/c1c(C(=O)Nc2ccccc2)ccc2ccncc12.CCC(C)/[N+]([O-])=C/c1c(C(=O)N(C)C)ccc2c1ccn2C.COc1cccc(C(N)=O)c1/C=[N+](\[O-])C1CCN(C)C1. The Kier molecular flexibility index (Phi) is 37.2. The highest BCUT2D eigenvalue weighted by Crippen LogP contribution is 2.29. The molecule has 7 heterocycles.